The van der Waals surface area contributed by atoms with Crippen molar-refractivity contribution in [1.29, 1.82) is 0 Å². The molecule has 0 aliphatic carbocycles. The molecular weight excluding hydrogens is 192 g/mol. The Morgan fingerprint density at radius 2 is 2.13 bits per heavy atom. The van der Waals surface area contributed by atoms with Gasteiger partial charge in [0, 0.05) is 19.4 Å². The summed E-state index contributed by atoms with van der Waals surface area (Å²) in [6, 6.07) is 3.25. The number of aryl methyl sites for hydroxylation is 2. The number of hydrogen-bond acceptors (Lipinski definition) is 4. The largest absolute Gasteiger partial charge is 0.285 e. The Hall–Kier alpha value is -2.04. The standard InChI is InChI=1S/C10H10N4O/c1-7-11-5-3-8(12-7)10(15)9-4-6-14(2)13-9/h3-6H,1-2H3. The van der Waals surface area contributed by atoms with Crippen molar-refractivity contribution < 1.29 is 4.79 Å². The number of rotatable bonds is 2. The van der Waals surface area contributed by atoms with Crippen LogP contribution < -0.4 is 0 Å². The molecule has 0 aliphatic heterocycles. The van der Waals surface area contributed by atoms with Gasteiger partial charge in [0.1, 0.15) is 17.2 Å². The van der Waals surface area contributed by atoms with Gasteiger partial charge in [0.25, 0.3) is 0 Å². The van der Waals surface area contributed by atoms with Crippen LogP contribution in [0.5, 0.6) is 0 Å². The first-order valence-corrected chi connectivity index (χ1v) is 4.51. The second-order valence-electron chi connectivity index (χ2n) is 3.19. The van der Waals surface area contributed by atoms with Crippen molar-refractivity contribution in [3.63, 3.8) is 0 Å². The van der Waals surface area contributed by atoms with E-state index in [-0.39, 0.29) is 5.78 Å². The van der Waals surface area contributed by atoms with Crippen molar-refractivity contribution in [1.82, 2.24) is 19.7 Å². The lowest BCUT2D eigenvalue weighted by Crippen LogP contribution is -2.07. The smallest absolute Gasteiger partial charge is 0.231 e. The molecule has 2 heterocycles. The highest BCUT2D eigenvalue weighted by molar-refractivity contribution is 6.06. The minimum absolute atomic E-state index is 0.180. The first-order valence-electron chi connectivity index (χ1n) is 4.51. The Kier molecular flexibility index (Phi) is 2.29. The van der Waals surface area contributed by atoms with Gasteiger partial charge < -0.3 is 0 Å². The molecule has 0 bridgehead atoms. The number of carbonyl (C=O) groups excluding carboxylic acids is 1. The first-order chi connectivity index (χ1) is 7.16. The summed E-state index contributed by atoms with van der Waals surface area (Å²) in [4.78, 5) is 19.8. The number of nitrogens with zero attached hydrogens (tertiary/aromatic N) is 4. The Morgan fingerprint density at radius 3 is 2.73 bits per heavy atom. The Labute approximate surface area is 86.8 Å². The maximum Gasteiger partial charge on any atom is 0.231 e. The predicted octanol–water partition coefficient (Wildman–Crippen LogP) is 0.750. The Balaban J connectivity index is 2.36. The average Bonchev–Trinajstić information content (AvgIpc) is 2.64. The van der Waals surface area contributed by atoms with E-state index in [1.165, 1.54) is 0 Å². The number of carbonyl (C=O) groups is 1. The monoisotopic (exact) mass is 202 g/mol. The maximum atomic E-state index is 11.8. The first kappa shape index (κ1) is 9.51. The van der Waals surface area contributed by atoms with E-state index in [2.05, 4.69) is 15.1 Å². The van der Waals surface area contributed by atoms with Gasteiger partial charge in [0.05, 0.1) is 0 Å². The molecule has 5 nitrogen and oxygen atoms in total. The van der Waals surface area contributed by atoms with Crippen molar-refractivity contribution in [2.24, 2.45) is 7.05 Å². The van der Waals surface area contributed by atoms with Crippen molar-refractivity contribution in [2.45, 2.75) is 6.92 Å². The molecule has 0 spiro atoms. The Bertz CT molecular complexity index is 504. The normalized spacial score (nSPS) is 10.3. The van der Waals surface area contributed by atoms with Crippen molar-refractivity contribution in [3.05, 3.63) is 41.7 Å². The lowest BCUT2D eigenvalue weighted by Gasteiger charge is -1.97. The molecule has 5 heteroatoms. The quantitative estimate of drug-likeness (QED) is 0.674. The van der Waals surface area contributed by atoms with E-state index in [4.69, 9.17) is 0 Å². The Morgan fingerprint density at radius 1 is 1.33 bits per heavy atom. The van der Waals surface area contributed by atoms with E-state index < -0.39 is 0 Å². The third-order valence-electron chi connectivity index (χ3n) is 1.95. The van der Waals surface area contributed by atoms with Gasteiger partial charge in [-0.2, -0.15) is 5.10 Å². The molecular formula is C10H10N4O. The van der Waals surface area contributed by atoms with Gasteiger partial charge in [0.2, 0.25) is 5.78 Å². The molecule has 15 heavy (non-hydrogen) atoms. The second-order valence-corrected chi connectivity index (χ2v) is 3.19. The predicted molar refractivity (Wildman–Crippen MR) is 53.4 cm³/mol. The van der Waals surface area contributed by atoms with Crippen LogP contribution >= 0.6 is 0 Å². The van der Waals surface area contributed by atoms with E-state index in [0.29, 0.717) is 17.2 Å². The summed E-state index contributed by atoms with van der Waals surface area (Å²) in [6.45, 7) is 1.75. The zero-order valence-corrected chi connectivity index (χ0v) is 8.51. The summed E-state index contributed by atoms with van der Waals surface area (Å²) in [5.74, 6) is 0.401. The lowest BCUT2D eigenvalue weighted by atomic mass is 10.2. The number of hydrogen-bond donors (Lipinski definition) is 0. The van der Waals surface area contributed by atoms with Gasteiger partial charge in [0.15, 0.2) is 0 Å². The molecule has 0 aliphatic rings. The molecule has 0 atom stereocenters. The highest BCUT2D eigenvalue weighted by atomic mass is 16.1. The fraction of sp³-hybridized carbons (Fsp3) is 0.200. The third kappa shape index (κ3) is 1.90. The number of ketones is 1. The molecule has 0 aromatic carbocycles. The van der Waals surface area contributed by atoms with Crippen molar-refractivity contribution >= 4 is 5.78 Å². The molecule has 2 rings (SSSR count). The molecule has 0 unspecified atom stereocenters. The zero-order chi connectivity index (χ0) is 10.8. The van der Waals surface area contributed by atoms with Gasteiger partial charge >= 0.3 is 0 Å². The van der Waals surface area contributed by atoms with Gasteiger partial charge in [-0.05, 0) is 19.1 Å². The van der Waals surface area contributed by atoms with Crippen molar-refractivity contribution in [2.75, 3.05) is 0 Å². The summed E-state index contributed by atoms with van der Waals surface area (Å²) < 4.78 is 1.58. The van der Waals surface area contributed by atoms with Crippen LogP contribution in [0.2, 0.25) is 0 Å². The van der Waals surface area contributed by atoms with Crippen LogP contribution in [0.3, 0.4) is 0 Å². The molecule has 0 saturated heterocycles. The minimum atomic E-state index is -0.180. The zero-order valence-electron chi connectivity index (χ0n) is 8.51. The topological polar surface area (TPSA) is 60.7 Å². The summed E-state index contributed by atoms with van der Waals surface area (Å²) in [5.41, 5.74) is 0.775. The molecule has 2 aromatic heterocycles. The van der Waals surface area contributed by atoms with Gasteiger partial charge in [-0.15, -0.1) is 0 Å². The highest BCUT2D eigenvalue weighted by Gasteiger charge is 2.13. The SMILES string of the molecule is Cc1nccc(C(=O)c2ccn(C)n2)n1. The summed E-state index contributed by atoms with van der Waals surface area (Å²) in [5, 5.41) is 4.02. The lowest BCUT2D eigenvalue weighted by molar-refractivity contribution is 0.102. The third-order valence-corrected chi connectivity index (χ3v) is 1.95. The molecule has 2 aromatic rings. The van der Waals surface area contributed by atoms with E-state index in [1.54, 1.807) is 43.2 Å². The summed E-state index contributed by atoms with van der Waals surface area (Å²) in [7, 11) is 1.77. The molecule has 76 valence electrons. The van der Waals surface area contributed by atoms with E-state index in [9.17, 15) is 4.79 Å². The van der Waals surface area contributed by atoms with Crippen LogP contribution in [-0.2, 0) is 7.05 Å². The van der Waals surface area contributed by atoms with E-state index >= 15 is 0 Å². The summed E-state index contributed by atoms with van der Waals surface area (Å²) in [6.07, 6.45) is 3.29. The molecule has 0 N–H and O–H groups in total. The van der Waals surface area contributed by atoms with Crippen LogP contribution in [0.4, 0.5) is 0 Å². The van der Waals surface area contributed by atoms with Crippen LogP contribution in [0.15, 0.2) is 24.5 Å². The molecule has 0 radical (unpaired) electrons. The fourth-order valence-electron chi connectivity index (χ4n) is 1.25. The maximum absolute atomic E-state index is 11.8. The minimum Gasteiger partial charge on any atom is -0.285 e. The van der Waals surface area contributed by atoms with Crippen LogP contribution in [0, 0.1) is 6.92 Å². The molecule has 0 fully saturated rings. The fourth-order valence-corrected chi connectivity index (χ4v) is 1.25. The average molecular weight is 202 g/mol. The molecule has 0 amide bonds. The number of aromatic nitrogens is 4. The van der Waals surface area contributed by atoms with Crippen molar-refractivity contribution in [3.8, 4) is 0 Å². The molecule has 0 saturated carbocycles. The van der Waals surface area contributed by atoms with E-state index in [0.717, 1.165) is 0 Å². The highest BCUT2D eigenvalue weighted by Crippen LogP contribution is 2.04. The van der Waals surface area contributed by atoms with Gasteiger partial charge in [-0.1, -0.05) is 0 Å². The van der Waals surface area contributed by atoms with Crippen LogP contribution in [-0.4, -0.2) is 25.5 Å². The van der Waals surface area contributed by atoms with Crippen LogP contribution in [0.25, 0.3) is 0 Å². The summed E-state index contributed by atoms with van der Waals surface area (Å²) >= 11 is 0. The van der Waals surface area contributed by atoms with Crippen LogP contribution in [0.1, 0.15) is 22.0 Å². The second kappa shape index (κ2) is 3.61. The van der Waals surface area contributed by atoms with Gasteiger partial charge in [-0.25, -0.2) is 9.97 Å². The van der Waals surface area contributed by atoms with Gasteiger partial charge in [-0.3, -0.25) is 9.48 Å². The van der Waals surface area contributed by atoms with E-state index in [1.807, 2.05) is 0 Å².